The van der Waals surface area contributed by atoms with Gasteiger partial charge in [-0.05, 0) is 6.42 Å². The Balaban J connectivity index is 2.90. The summed E-state index contributed by atoms with van der Waals surface area (Å²) in [6.07, 6.45) is 8.43. The number of hydrogen-bond acceptors (Lipinski definition) is 3. The highest BCUT2D eigenvalue weighted by atomic mass is 32.2. The first-order valence-corrected chi connectivity index (χ1v) is 5.95. The van der Waals surface area contributed by atoms with E-state index < -0.39 is 16.1 Å². The van der Waals surface area contributed by atoms with Crippen LogP contribution >= 0.6 is 0 Å². The molecule has 15 heavy (non-hydrogen) atoms. The van der Waals surface area contributed by atoms with Gasteiger partial charge in [0.1, 0.15) is 4.90 Å². The molecular formula is C9H13N3O2S. The highest BCUT2D eigenvalue weighted by Gasteiger charge is 2.18. The lowest BCUT2D eigenvalue weighted by Gasteiger charge is -2.09. The molecule has 0 saturated carbocycles. The van der Waals surface area contributed by atoms with E-state index >= 15 is 0 Å². The normalized spacial score (nSPS) is 13.4. The minimum atomic E-state index is -3.54. The fraction of sp³-hybridized carbons (Fsp3) is 0.444. The SMILES string of the molecule is C#CC(CC)NS(=O)(=O)c1cnn(C)c1. The van der Waals surface area contributed by atoms with Crippen molar-refractivity contribution in [3.05, 3.63) is 12.4 Å². The molecule has 0 bridgehead atoms. The predicted octanol–water partition coefficient (Wildman–Crippen LogP) is 0.110. The molecule has 82 valence electrons. The lowest BCUT2D eigenvalue weighted by molar-refractivity contribution is 0.570. The molecule has 1 atom stereocenters. The quantitative estimate of drug-likeness (QED) is 0.743. The topological polar surface area (TPSA) is 64.0 Å². The summed E-state index contributed by atoms with van der Waals surface area (Å²) in [6.45, 7) is 1.82. The summed E-state index contributed by atoms with van der Waals surface area (Å²) in [5.41, 5.74) is 0. The van der Waals surface area contributed by atoms with E-state index in [0.717, 1.165) is 0 Å². The zero-order chi connectivity index (χ0) is 11.5. The standard InChI is InChI=1S/C9H13N3O2S/c1-4-8(5-2)11-15(13,14)9-6-10-12(3)7-9/h1,6-8,11H,5H2,2-3H3. The van der Waals surface area contributed by atoms with Gasteiger partial charge in [0.2, 0.25) is 10.0 Å². The van der Waals surface area contributed by atoms with Crippen molar-refractivity contribution in [3.8, 4) is 12.3 Å². The third-order valence-electron chi connectivity index (χ3n) is 1.90. The van der Waals surface area contributed by atoms with Crippen LogP contribution in [0, 0.1) is 12.3 Å². The van der Waals surface area contributed by atoms with Gasteiger partial charge in [0.15, 0.2) is 0 Å². The largest absolute Gasteiger partial charge is 0.274 e. The van der Waals surface area contributed by atoms with Gasteiger partial charge in [-0.3, -0.25) is 4.68 Å². The summed E-state index contributed by atoms with van der Waals surface area (Å²) in [4.78, 5) is 0.124. The lowest BCUT2D eigenvalue weighted by atomic mass is 10.3. The first-order valence-electron chi connectivity index (χ1n) is 4.46. The van der Waals surface area contributed by atoms with Gasteiger partial charge in [0.05, 0.1) is 12.2 Å². The minimum Gasteiger partial charge on any atom is -0.274 e. The fourth-order valence-corrected chi connectivity index (χ4v) is 2.25. The summed E-state index contributed by atoms with van der Waals surface area (Å²) in [7, 11) is -1.89. The number of aromatic nitrogens is 2. The number of rotatable bonds is 4. The molecule has 1 aromatic rings. The van der Waals surface area contributed by atoms with Gasteiger partial charge in [0.25, 0.3) is 0 Å². The molecule has 1 unspecified atom stereocenters. The van der Waals surface area contributed by atoms with Crippen molar-refractivity contribution < 1.29 is 8.42 Å². The Labute approximate surface area is 89.5 Å². The molecule has 0 amide bonds. The van der Waals surface area contributed by atoms with Gasteiger partial charge in [0, 0.05) is 13.2 Å². The van der Waals surface area contributed by atoms with E-state index in [9.17, 15) is 8.42 Å². The molecule has 0 aliphatic rings. The number of terminal acetylenes is 1. The summed E-state index contributed by atoms with van der Waals surface area (Å²) in [5.74, 6) is 2.37. The van der Waals surface area contributed by atoms with Crippen LogP contribution in [0.4, 0.5) is 0 Å². The van der Waals surface area contributed by atoms with Crippen molar-refractivity contribution in [2.24, 2.45) is 7.05 Å². The van der Waals surface area contributed by atoms with E-state index in [1.54, 1.807) is 7.05 Å². The Hall–Kier alpha value is -1.32. The summed E-state index contributed by atoms with van der Waals surface area (Å²) >= 11 is 0. The molecule has 0 spiro atoms. The van der Waals surface area contributed by atoms with Gasteiger partial charge in [-0.2, -0.15) is 9.82 Å². The first-order chi connectivity index (χ1) is 6.99. The number of nitrogens with zero attached hydrogens (tertiary/aromatic N) is 2. The second kappa shape index (κ2) is 4.47. The van der Waals surface area contributed by atoms with Crippen LogP contribution < -0.4 is 4.72 Å². The van der Waals surface area contributed by atoms with E-state index in [0.29, 0.717) is 6.42 Å². The third-order valence-corrected chi connectivity index (χ3v) is 3.32. The molecular weight excluding hydrogens is 214 g/mol. The van der Waals surface area contributed by atoms with Gasteiger partial charge >= 0.3 is 0 Å². The average Bonchev–Trinajstić information content (AvgIpc) is 2.62. The highest BCUT2D eigenvalue weighted by molar-refractivity contribution is 7.89. The Morgan fingerprint density at radius 2 is 2.40 bits per heavy atom. The Kier molecular flexibility index (Phi) is 3.50. The molecule has 0 aliphatic carbocycles. The van der Waals surface area contributed by atoms with Crippen LogP contribution in [0.5, 0.6) is 0 Å². The van der Waals surface area contributed by atoms with E-state index in [-0.39, 0.29) is 4.90 Å². The van der Waals surface area contributed by atoms with Crippen molar-refractivity contribution >= 4 is 10.0 Å². The Morgan fingerprint density at radius 3 is 2.80 bits per heavy atom. The fourth-order valence-electron chi connectivity index (χ4n) is 1.03. The maximum Gasteiger partial charge on any atom is 0.244 e. The predicted molar refractivity (Wildman–Crippen MR) is 56.4 cm³/mol. The van der Waals surface area contributed by atoms with Crippen LogP contribution in [0.25, 0.3) is 0 Å². The highest BCUT2D eigenvalue weighted by Crippen LogP contribution is 2.07. The number of sulfonamides is 1. The molecule has 0 aliphatic heterocycles. The summed E-state index contributed by atoms with van der Waals surface area (Å²) in [5, 5.41) is 3.79. The number of hydrogen-bond donors (Lipinski definition) is 1. The minimum absolute atomic E-state index is 0.124. The monoisotopic (exact) mass is 227 g/mol. The van der Waals surface area contributed by atoms with Gasteiger partial charge < -0.3 is 0 Å². The molecule has 1 heterocycles. The van der Waals surface area contributed by atoms with Gasteiger partial charge in [-0.15, -0.1) is 6.42 Å². The Morgan fingerprint density at radius 1 is 1.73 bits per heavy atom. The van der Waals surface area contributed by atoms with Crippen molar-refractivity contribution in [2.75, 3.05) is 0 Å². The van der Waals surface area contributed by atoms with Gasteiger partial charge in [-0.25, -0.2) is 8.42 Å². The van der Waals surface area contributed by atoms with Crippen LogP contribution in [0.1, 0.15) is 13.3 Å². The smallest absolute Gasteiger partial charge is 0.244 e. The maximum atomic E-state index is 11.7. The van der Waals surface area contributed by atoms with Crippen LogP contribution in [0.15, 0.2) is 17.3 Å². The number of aryl methyl sites for hydroxylation is 1. The Bertz CT molecular complexity index is 470. The molecule has 0 radical (unpaired) electrons. The molecule has 6 heteroatoms. The van der Waals surface area contributed by atoms with Crippen LogP contribution in [-0.2, 0) is 17.1 Å². The molecule has 1 N–H and O–H groups in total. The molecule has 5 nitrogen and oxygen atoms in total. The second-order valence-corrected chi connectivity index (χ2v) is 4.81. The van der Waals surface area contributed by atoms with E-state index in [1.807, 2.05) is 6.92 Å². The number of nitrogens with one attached hydrogen (secondary N) is 1. The maximum absolute atomic E-state index is 11.7. The van der Waals surface area contributed by atoms with Crippen molar-refractivity contribution in [1.82, 2.24) is 14.5 Å². The van der Waals surface area contributed by atoms with E-state index in [4.69, 9.17) is 6.42 Å². The molecule has 0 saturated heterocycles. The van der Waals surface area contributed by atoms with E-state index in [2.05, 4.69) is 15.7 Å². The van der Waals surface area contributed by atoms with Crippen LogP contribution in [-0.4, -0.2) is 24.2 Å². The van der Waals surface area contributed by atoms with Gasteiger partial charge in [-0.1, -0.05) is 12.8 Å². The zero-order valence-corrected chi connectivity index (χ0v) is 9.45. The molecule has 1 rings (SSSR count). The summed E-state index contributed by atoms with van der Waals surface area (Å²) in [6, 6.07) is -0.477. The van der Waals surface area contributed by atoms with Crippen molar-refractivity contribution in [3.63, 3.8) is 0 Å². The van der Waals surface area contributed by atoms with Crippen LogP contribution in [0.3, 0.4) is 0 Å². The summed E-state index contributed by atoms with van der Waals surface area (Å²) < 4.78 is 27.3. The molecule has 1 aromatic heterocycles. The van der Waals surface area contributed by atoms with Crippen molar-refractivity contribution in [2.45, 2.75) is 24.3 Å². The lowest BCUT2D eigenvalue weighted by Crippen LogP contribution is -2.33. The second-order valence-electron chi connectivity index (χ2n) is 3.10. The third kappa shape index (κ3) is 2.81. The van der Waals surface area contributed by atoms with Crippen LogP contribution in [0.2, 0.25) is 0 Å². The van der Waals surface area contributed by atoms with Crippen molar-refractivity contribution in [1.29, 1.82) is 0 Å². The molecule has 0 aromatic carbocycles. The zero-order valence-electron chi connectivity index (χ0n) is 8.64. The molecule has 0 fully saturated rings. The average molecular weight is 227 g/mol. The first kappa shape index (κ1) is 11.8. The van der Waals surface area contributed by atoms with E-state index in [1.165, 1.54) is 17.1 Å².